The molecular formula is C20H26O4. The van der Waals surface area contributed by atoms with Crippen LogP contribution in [0.15, 0.2) is 35.5 Å². The standard InChI is InChI=1S/C20H26O4/c1-13-7-9-20(3)15(18(22)23)5-4-6-16(20)19(13,2)10-8-14-11-17(21)24-12-14/h4-6,11,13,16H,7-10,12H2,1-3H3,(H,22,23). The summed E-state index contributed by atoms with van der Waals surface area (Å²) >= 11 is 0. The van der Waals surface area contributed by atoms with Crippen LogP contribution in [0, 0.1) is 22.7 Å². The molecule has 1 aliphatic heterocycles. The van der Waals surface area contributed by atoms with Gasteiger partial charge in [0.15, 0.2) is 0 Å². The lowest BCUT2D eigenvalue weighted by molar-refractivity contribution is -0.136. The van der Waals surface area contributed by atoms with E-state index < -0.39 is 5.97 Å². The maximum Gasteiger partial charge on any atom is 0.332 e. The Bertz CT molecular complexity index is 657. The van der Waals surface area contributed by atoms with Crippen molar-refractivity contribution in [2.24, 2.45) is 22.7 Å². The highest BCUT2D eigenvalue weighted by molar-refractivity contribution is 5.89. The first-order valence-electron chi connectivity index (χ1n) is 8.76. The van der Waals surface area contributed by atoms with Crippen molar-refractivity contribution in [2.45, 2.75) is 46.5 Å². The zero-order chi connectivity index (χ0) is 17.5. The number of ether oxygens (including phenoxy) is 1. The SMILES string of the molecule is CC1CCC2(C)C(C(=O)O)=CC=CC2C1(C)CCC1=CC(=O)OC1. The van der Waals surface area contributed by atoms with Gasteiger partial charge in [-0.1, -0.05) is 39.0 Å². The summed E-state index contributed by atoms with van der Waals surface area (Å²) in [6.45, 7) is 7.07. The van der Waals surface area contributed by atoms with Gasteiger partial charge in [0.25, 0.3) is 0 Å². The third kappa shape index (κ3) is 2.62. The van der Waals surface area contributed by atoms with E-state index in [1.807, 2.05) is 6.08 Å². The Morgan fingerprint density at radius 1 is 1.42 bits per heavy atom. The minimum atomic E-state index is -0.804. The van der Waals surface area contributed by atoms with Gasteiger partial charge < -0.3 is 9.84 Å². The molecule has 24 heavy (non-hydrogen) atoms. The van der Waals surface area contributed by atoms with Crippen LogP contribution in [0.5, 0.6) is 0 Å². The number of rotatable bonds is 4. The van der Waals surface area contributed by atoms with Gasteiger partial charge in [0.05, 0.1) is 0 Å². The van der Waals surface area contributed by atoms with Crippen molar-refractivity contribution in [1.29, 1.82) is 0 Å². The van der Waals surface area contributed by atoms with Gasteiger partial charge in [-0.15, -0.1) is 0 Å². The molecule has 0 aromatic rings. The third-order valence-corrected chi connectivity index (χ3v) is 6.74. The summed E-state index contributed by atoms with van der Waals surface area (Å²) < 4.78 is 5.01. The van der Waals surface area contributed by atoms with E-state index in [0.717, 1.165) is 31.3 Å². The quantitative estimate of drug-likeness (QED) is 0.794. The van der Waals surface area contributed by atoms with Crippen LogP contribution in [-0.4, -0.2) is 23.7 Å². The fraction of sp³-hybridized carbons (Fsp3) is 0.600. The minimum absolute atomic E-state index is 0.00490. The van der Waals surface area contributed by atoms with Gasteiger partial charge in [-0.3, -0.25) is 0 Å². The first-order valence-corrected chi connectivity index (χ1v) is 8.76. The van der Waals surface area contributed by atoms with Crippen LogP contribution in [0.2, 0.25) is 0 Å². The van der Waals surface area contributed by atoms with Crippen LogP contribution in [0.1, 0.15) is 46.5 Å². The second-order valence-corrected chi connectivity index (χ2v) is 8.02. The van der Waals surface area contributed by atoms with E-state index in [1.165, 1.54) is 0 Å². The summed E-state index contributed by atoms with van der Waals surface area (Å²) in [4.78, 5) is 23.0. The van der Waals surface area contributed by atoms with Crippen molar-refractivity contribution < 1.29 is 19.4 Å². The molecule has 0 spiro atoms. The highest BCUT2D eigenvalue weighted by Gasteiger charge is 2.54. The predicted molar refractivity (Wildman–Crippen MR) is 91.2 cm³/mol. The second-order valence-electron chi connectivity index (χ2n) is 8.02. The topological polar surface area (TPSA) is 63.6 Å². The molecule has 4 heteroatoms. The summed E-state index contributed by atoms with van der Waals surface area (Å²) in [6, 6.07) is 0. The van der Waals surface area contributed by atoms with Crippen molar-refractivity contribution in [3.05, 3.63) is 35.5 Å². The van der Waals surface area contributed by atoms with Crippen molar-refractivity contribution in [3.8, 4) is 0 Å². The van der Waals surface area contributed by atoms with Gasteiger partial charge in [0.1, 0.15) is 6.61 Å². The van der Waals surface area contributed by atoms with Crippen LogP contribution in [0.25, 0.3) is 0 Å². The number of esters is 1. The zero-order valence-electron chi connectivity index (χ0n) is 14.7. The number of carboxylic acid groups (broad SMARTS) is 1. The lowest BCUT2D eigenvalue weighted by atomic mass is 9.48. The average Bonchev–Trinajstić information content (AvgIpc) is 2.94. The zero-order valence-corrected chi connectivity index (χ0v) is 14.7. The van der Waals surface area contributed by atoms with E-state index >= 15 is 0 Å². The normalized spacial score (nSPS) is 38.2. The number of carbonyl (C=O) groups is 2. The van der Waals surface area contributed by atoms with E-state index in [2.05, 4.69) is 26.8 Å². The maximum atomic E-state index is 11.7. The Morgan fingerprint density at radius 3 is 2.79 bits per heavy atom. The Balaban J connectivity index is 1.87. The van der Waals surface area contributed by atoms with E-state index in [9.17, 15) is 14.7 Å². The summed E-state index contributed by atoms with van der Waals surface area (Å²) in [5.41, 5.74) is 1.27. The van der Waals surface area contributed by atoms with Crippen molar-refractivity contribution in [3.63, 3.8) is 0 Å². The van der Waals surface area contributed by atoms with Crippen LogP contribution < -0.4 is 0 Å². The van der Waals surface area contributed by atoms with E-state index in [0.29, 0.717) is 18.1 Å². The summed E-state index contributed by atoms with van der Waals surface area (Å²) in [7, 11) is 0. The molecule has 0 saturated heterocycles. The van der Waals surface area contributed by atoms with Gasteiger partial charge >= 0.3 is 11.9 Å². The fourth-order valence-electron chi connectivity index (χ4n) is 4.93. The van der Waals surface area contributed by atoms with E-state index in [4.69, 9.17) is 4.74 Å². The highest BCUT2D eigenvalue weighted by atomic mass is 16.5. The highest BCUT2D eigenvalue weighted by Crippen LogP contribution is 2.60. The molecule has 1 saturated carbocycles. The van der Waals surface area contributed by atoms with Crippen molar-refractivity contribution in [2.75, 3.05) is 6.61 Å². The number of fused-ring (bicyclic) bond motifs is 1. The smallest absolute Gasteiger partial charge is 0.332 e. The van der Waals surface area contributed by atoms with Gasteiger partial charge in [-0.2, -0.15) is 0 Å². The van der Waals surface area contributed by atoms with E-state index in [1.54, 1.807) is 12.2 Å². The molecule has 4 unspecified atom stereocenters. The van der Waals surface area contributed by atoms with Gasteiger partial charge in [0, 0.05) is 17.1 Å². The lowest BCUT2D eigenvalue weighted by Crippen LogP contribution is -2.49. The molecular weight excluding hydrogens is 304 g/mol. The van der Waals surface area contributed by atoms with Crippen molar-refractivity contribution >= 4 is 11.9 Å². The van der Waals surface area contributed by atoms with Crippen LogP contribution in [0.3, 0.4) is 0 Å². The Labute approximate surface area is 143 Å². The van der Waals surface area contributed by atoms with Gasteiger partial charge in [-0.25, -0.2) is 9.59 Å². The first kappa shape index (κ1) is 17.0. The average molecular weight is 330 g/mol. The summed E-state index contributed by atoms with van der Waals surface area (Å²) in [6.07, 6.45) is 11.2. The molecule has 3 rings (SSSR count). The molecule has 0 aromatic heterocycles. The molecule has 0 radical (unpaired) electrons. The largest absolute Gasteiger partial charge is 0.478 e. The molecule has 130 valence electrons. The molecule has 0 bridgehead atoms. The number of allylic oxidation sites excluding steroid dienone is 3. The number of cyclic esters (lactones) is 1. The summed E-state index contributed by atoms with van der Waals surface area (Å²) in [5, 5.41) is 9.64. The van der Waals surface area contributed by atoms with Gasteiger partial charge in [0.2, 0.25) is 0 Å². The molecule has 0 amide bonds. The van der Waals surface area contributed by atoms with Crippen LogP contribution in [0.4, 0.5) is 0 Å². The molecule has 0 aromatic carbocycles. The van der Waals surface area contributed by atoms with Crippen LogP contribution >= 0.6 is 0 Å². The molecule has 1 fully saturated rings. The third-order valence-electron chi connectivity index (χ3n) is 6.74. The number of carboxylic acids is 1. The molecule has 2 aliphatic carbocycles. The minimum Gasteiger partial charge on any atom is -0.478 e. The Hall–Kier alpha value is -1.84. The van der Waals surface area contributed by atoms with Crippen molar-refractivity contribution in [1.82, 2.24) is 0 Å². The molecule has 4 nitrogen and oxygen atoms in total. The molecule has 3 aliphatic rings. The fourth-order valence-corrected chi connectivity index (χ4v) is 4.93. The number of aliphatic carboxylic acids is 1. The predicted octanol–water partition coefficient (Wildman–Crippen LogP) is 3.89. The molecule has 1 heterocycles. The number of hydrogen-bond acceptors (Lipinski definition) is 3. The van der Waals surface area contributed by atoms with Gasteiger partial charge in [-0.05, 0) is 48.5 Å². The molecule has 1 N–H and O–H groups in total. The first-order chi connectivity index (χ1) is 11.3. The van der Waals surface area contributed by atoms with E-state index in [-0.39, 0.29) is 22.7 Å². The summed E-state index contributed by atoms with van der Waals surface area (Å²) in [5.74, 6) is -0.345. The monoisotopic (exact) mass is 330 g/mol. The molecule has 4 atom stereocenters. The Kier molecular flexibility index (Phi) is 4.18. The Morgan fingerprint density at radius 2 is 2.17 bits per heavy atom. The number of hydrogen-bond donors (Lipinski definition) is 1. The lowest BCUT2D eigenvalue weighted by Gasteiger charge is -2.56. The van der Waals surface area contributed by atoms with Crippen LogP contribution in [-0.2, 0) is 14.3 Å². The number of carbonyl (C=O) groups excluding carboxylic acids is 1. The second kappa shape index (κ2) is 5.91. The maximum absolute atomic E-state index is 11.7.